The molecule has 0 aliphatic heterocycles. The van der Waals surface area contributed by atoms with Crippen LogP contribution in [0.5, 0.6) is 0 Å². The first kappa shape index (κ1) is 19.2. The smallest absolute Gasteiger partial charge is 0.331 e. The largest absolute Gasteiger partial charge is 0.478 e. The Morgan fingerprint density at radius 1 is 1.28 bits per heavy atom. The Kier molecular flexibility index (Phi) is 8.61. The number of carboxylic acid groups (broad SMARTS) is 2. The van der Waals surface area contributed by atoms with Gasteiger partial charge >= 0.3 is 11.9 Å². The van der Waals surface area contributed by atoms with Crippen LogP contribution in [0, 0.1) is 0 Å². The Labute approximate surface area is 112 Å². The Morgan fingerprint density at radius 2 is 1.78 bits per heavy atom. The van der Waals surface area contributed by atoms with Gasteiger partial charge in [0.2, 0.25) is 10.0 Å². The topological polar surface area (TPSA) is 112 Å². The minimum Gasteiger partial charge on any atom is -0.478 e. The molecule has 0 spiro atoms. The van der Waals surface area contributed by atoms with Crippen molar-refractivity contribution in [3.63, 3.8) is 0 Å². The fourth-order valence-electron chi connectivity index (χ4n) is 1.19. The van der Waals surface area contributed by atoms with Gasteiger partial charge in [-0.05, 0) is 6.42 Å². The van der Waals surface area contributed by atoms with E-state index in [1.54, 1.807) is 6.92 Å². The molecule has 0 aliphatic carbocycles. The van der Waals surface area contributed by atoms with E-state index in [2.05, 4.69) is 0 Å². The van der Waals surface area contributed by atoms with Crippen LogP contribution in [0.1, 0.15) is 13.3 Å². The van der Waals surface area contributed by atoms with Crippen LogP contribution >= 0.6 is 12.4 Å². The second kappa shape index (κ2) is 8.06. The molecule has 9 heteroatoms. The van der Waals surface area contributed by atoms with Gasteiger partial charge in [0.05, 0.1) is 6.26 Å². The van der Waals surface area contributed by atoms with E-state index in [1.165, 1.54) is 0 Å². The van der Waals surface area contributed by atoms with Crippen molar-refractivity contribution in [3.8, 4) is 0 Å². The van der Waals surface area contributed by atoms with Crippen molar-refractivity contribution in [2.75, 3.05) is 19.3 Å². The summed E-state index contributed by atoms with van der Waals surface area (Å²) < 4.78 is 23.5. The molecule has 0 aromatic heterocycles. The van der Waals surface area contributed by atoms with Gasteiger partial charge in [0.25, 0.3) is 0 Å². The maximum atomic E-state index is 11.2. The highest BCUT2D eigenvalue weighted by Gasteiger charge is 2.17. The van der Waals surface area contributed by atoms with E-state index in [4.69, 9.17) is 10.2 Å². The molecule has 0 unspecified atom stereocenters. The number of halogens is 1. The maximum absolute atomic E-state index is 11.2. The number of hydrogen-bond donors (Lipinski definition) is 2. The van der Waals surface area contributed by atoms with Gasteiger partial charge in [-0.3, -0.25) is 0 Å². The van der Waals surface area contributed by atoms with Gasteiger partial charge in [-0.1, -0.05) is 6.92 Å². The molecule has 0 bridgehead atoms. The quantitative estimate of drug-likeness (QED) is 0.649. The number of sulfonamides is 1. The third-order valence-corrected chi connectivity index (χ3v) is 3.40. The average Bonchev–Trinajstić information content (AvgIpc) is 2.13. The number of nitrogens with zero attached hydrogens (tertiary/aromatic N) is 1. The zero-order chi connectivity index (χ0) is 13.6. The second-order valence-electron chi connectivity index (χ2n) is 3.32. The summed E-state index contributed by atoms with van der Waals surface area (Å²) >= 11 is 0. The Hall–Kier alpha value is -1.12. The van der Waals surface area contributed by atoms with Crippen LogP contribution in [-0.4, -0.2) is 54.2 Å². The average molecular weight is 302 g/mol. The summed E-state index contributed by atoms with van der Waals surface area (Å²) in [6.45, 7) is 1.77. The molecule has 0 saturated carbocycles. The molecule has 0 amide bonds. The summed E-state index contributed by atoms with van der Waals surface area (Å²) in [6.07, 6.45) is 1.43. The summed E-state index contributed by atoms with van der Waals surface area (Å²) in [5.74, 6) is -2.73. The number of rotatable bonds is 7. The lowest BCUT2D eigenvalue weighted by molar-refractivity contribution is -0.135. The molecule has 0 fully saturated rings. The van der Waals surface area contributed by atoms with Crippen molar-refractivity contribution >= 4 is 34.4 Å². The summed E-state index contributed by atoms with van der Waals surface area (Å²) in [5, 5.41) is 17.2. The van der Waals surface area contributed by atoms with Crippen molar-refractivity contribution in [1.29, 1.82) is 0 Å². The Bertz CT molecular complexity index is 430. The van der Waals surface area contributed by atoms with Gasteiger partial charge in [0.15, 0.2) is 0 Å². The van der Waals surface area contributed by atoms with Crippen molar-refractivity contribution in [2.45, 2.75) is 13.3 Å². The minimum atomic E-state index is -3.40. The summed E-state index contributed by atoms with van der Waals surface area (Å²) in [4.78, 5) is 21.0. The van der Waals surface area contributed by atoms with Crippen molar-refractivity contribution in [3.05, 3.63) is 11.6 Å². The molecule has 18 heavy (non-hydrogen) atoms. The molecule has 2 N–H and O–H groups in total. The third-order valence-electron chi connectivity index (χ3n) is 2.02. The van der Waals surface area contributed by atoms with E-state index in [1.807, 2.05) is 0 Å². The standard InChI is InChI=1S/C9H15NO6S.ClH/c1-3-10(17(2,15)16)5-4-7(9(13)14)6-8(11)12;/h6H,3-5H2,1-2H3,(H,11,12)(H,13,14);1H/b7-6+;. The maximum Gasteiger partial charge on any atom is 0.331 e. The molecule has 7 nitrogen and oxygen atoms in total. The first-order valence-corrected chi connectivity index (χ1v) is 6.65. The molecule has 0 saturated heterocycles. The van der Waals surface area contributed by atoms with E-state index in [0.29, 0.717) is 6.08 Å². The second-order valence-corrected chi connectivity index (χ2v) is 5.30. The normalized spacial score (nSPS) is 12.1. The highest BCUT2D eigenvalue weighted by Crippen LogP contribution is 2.06. The highest BCUT2D eigenvalue weighted by molar-refractivity contribution is 7.88. The monoisotopic (exact) mass is 301 g/mol. The van der Waals surface area contributed by atoms with E-state index in [0.717, 1.165) is 10.6 Å². The van der Waals surface area contributed by atoms with Crippen molar-refractivity contribution in [2.24, 2.45) is 0 Å². The summed E-state index contributed by atoms with van der Waals surface area (Å²) in [7, 11) is -3.40. The fourth-order valence-corrected chi connectivity index (χ4v) is 2.09. The predicted molar refractivity (Wildman–Crippen MR) is 67.3 cm³/mol. The first-order chi connectivity index (χ1) is 7.68. The third kappa shape index (κ3) is 7.25. The number of aliphatic carboxylic acids is 2. The van der Waals surface area contributed by atoms with E-state index in [9.17, 15) is 18.0 Å². The summed E-state index contributed by atoms with van der Waals surface area (Å²) in [6, 6.07) is 0. The van der Waals surface area contributed by atoms with Gasteiger partial charge < -0.3 is 10.2 Å². The lowest BCUT2D eigenvalue weighted by atomic mass is 10.2. The van der Waals surface area contributed by atoms with Crippen LogP contribution in [-0.2, 0) is 19.6 Å². The highest BCUT2D eigenvalue weighted by atomic mass is 35.5. The van der Waals surface area contributed by atoms with Crippen LogP contribution in [0.3, 0.4) is 0 Å². The lowest BCUT2D eigenvalue weighted by Crippen LogP contribution is -2.31. The minimum absolute atomic E-state index is 0. The SMILES string of the molecule is CCN(CC/C(=C\C(=O)O)C(=O)O)S(C)(=O)=O.Cl. The number of hydrogen-bond acceptors (Lipinski definition) is 4. The van der Waals surface area contributed by atoms with E-state index >= 15 is 0 Å². The van der Waals surface area contributed by atoms with E-state index < -0.39 is 22.0 Å². The number of carbonyl (C=O) groups is 2. The van der Waals surface area contributed by atoms with Gasteiger partial charge in [-0.15, -0.1) is 12.4 Å². The van der Waals surface area contributed by atoms with Crippen LogP contribution in [0.4, 0.5) is 0 Å². The van der Waals surface area contributed by atoms with Crippen LogP contribution in [0.15, 0.2) is 11.6 Å². The molecule has 0 aliphatic rings. The molecule has 0 aromatic carbocycles. The van der Waals surface area contributed by atoms with Crippen LogP contribution in [0.2, 0.25) is 0 Å². The van der Waals surface area contributed by atoms with Crippen LogP contribution in [0.25, 0.3) is 0 Å². The number of carboxylic acids is 2. The van der Waals surface area contributed by atoms with E-state index in [-0.39, 0.29) is 37.5 Å². The molecule has 0 rings (SSSR count). The Balaban J connectivity index is 0. The molecule has 0 atom stereocenters. The zero-order valence-corrected chi connectivity index (χ0v) is 11.6. The Morgan fingerprint density at radius 3 is 2.06 bits per heavy atom. The summed E-state index contributed by atoms with van der Waals surface area (Å²) in [5.41, 5.74) is -0.334. The van der Waals surface area contributed by atoms with Gasteiger partial charge in [0.1, 0.15) is 0 Å². The molecular weight excluding hydrogens is 286 g/mol. The molecule has 106 valence electrons. The van der Waals surface area contributed by atoms with Crippen molar-refractivity contribution in [1.82, 2.24) is 4.31 Å². The van der Waals surface area contributed by atoms with Crippen LogP contribution < -0.4 is 0 Å². The fraction of sp³-hybridized carbons (Fsp3) is 0.556. The molecular formula is C9H16ClNO6S. The zero-order valence-electron chi connectivity index (χ0n) is 9.99. The predicted octanol–water partition coefficient (Wildman–Crippen LogP) is 0.175. The van der Waals surface area contributed by atoms with Gasteiger partial charge in [0, 0.05) is 24.7 Å². The lowest BCUT2D eigenvalue weighted by Gasteiger charge is -2.17. The molecule has 0 heterocycles. The van der Waals surface area contributed by atoms with Gasteiger partial charge in [-0.2, -0.15) is 0 Å². The first-order valence-electron chi connectivity index (χ1n) is 4.80. The van der Waals surface area contributed by atoms with Gasteiger partial charge in [-0.25, -0.2) is 22.3 Å². The molecule has 0 aromatic rings. The molecule has 0 radical (unpaired) electrons. The van der Waals surface area contributed by atoms with Crippen molar-refractivity contribution < 1.29 is 28.2 Å².